The average molecular weight is 306 g/mol. The fourth-order valence-corrected chi connectivity index (χ4v) is 2.51. The van der Waals surface area contributed by atoms with Crippen molar-refractivity contribution in [2.24, 2.45) is 0 Å². The summed E-state index contributed by atoms with van der Waals surface area (Å²) in [6.45, 7) is 2.16. The van der Waals surface area contributed by atoms with Gasteiger partial charge >= 0.3 is 6.09 Å². The number of hydrogen-bond acceptors (Lipinski definition) is 4. The van der Waals surface area contributed by atoms with Gasteiger partial charge in [-0.05, 0) is 37.8 Å². The zero-order valence-electron chi connectivity index (χ0n) is 13.2. The van der Waals surface area contributed by atoms with E-state index in [-0.39, 0.29) is 12.1 Å². The molecule has 0 saturated heterocycles. The van der Waals surface area contributed by atoms with Crippen LogP contribution in [0.1, 0.15) is 31.2 Å². The highest BCUT2D eigenvalue weighted by Crippen LogP contribution is 2.20. The summed E-state index contributed by atoms with van der Waals surface area (Å²) in [6.07, 6.45) is 3.84. The standard InChI is InChI=1S/C17H26N2O3/c1-21-10-6-5-9-18-15-11-16(12-15)19-17(20)22-13-14-7-3-2-4-8-14/h2-4,7-8,15-16,18H,5-6,9-13H2,1H3,(H,19,20). The van der Waals surface area contributed by atoms with Gasteiger partial charge in [-0.2, -0.15) is 0 Å². The van der Waals surface area contributed by atoms with Gasteiger partial charge < -0.3 is 20.1 Å². The molecule has 0 bridgehead atoms. The SMILES string of the molecule is COCCCCNC1CC(NC(=O)OCc2ccccc2)C1. The zero-order chi connectivity index (χ0) is 15.6. The molecule has 5 nitrogen and oxygen atoms in total. The van der Waals surface area contributed by atoms with Crippen LogP contribution < -0.4 is 10.6 Å². The molecule has 0 aliphatic heterocycles. The average Bonchev–Trinajstić information content (AvgIpc) is 2.51. The van der Waals surface area contributed by atoms with Crippen molar-refractivity contribution in [1.82, 2.24) is 10.6 Å². The largest absolute Gasteiger partial charge is 0.445 e. The lowest BCUT2D eigenvalue weighted by Gasteiger charge is -2.36. The summed E-state index contributed by atoms with van der Waals surface area (Å²) in [5, 5.41) is 6.40. The minimum Gasteiger partial charge on any atom is -0.445 e. The van der Waals surface area contributed by atoms with Crippen LogP contribution >= 0.6 is 0 Å². The highest BCUT2D eigenvalue weighted by Gasteiger charge is 2.29. The first-order chi connectivity index (χ1) is 10.8. The molecule has 0 atom stereocenters. The highest BCUT2D eigenvalue weighted by atomic mass is 16.5. The summed E-state index contributed by atoms with van der Waals surface area (Å²) < 4.78 is 10.2. The van der Waals surface area contributed by atoms with E-state index in [0.717, 1.165) is 44.4 Å². The van der Waals surface area contributed by atoms with Gasteiger partial charge in [0, 0.05) is 25.8 Å². The molecule has 22 heavy (non-hydrogen) atoms. The molecule has 1 fully saturated rings. The number of amides is 1. The Balaban J connectivity index is 1.49. The molecule has 1 amide bonds. The molecule has 1 aliphatic carbocycles. The van der Waals surface area contributed by atoms with Gasteiger partial charge in [-0.3, -0.25) is 0 Å². The minimum absolute atomic E-state index is 0.236. The Bertz CT molecular complexity index is 433. The predicted octanol–water partition coefficient (Wildman–Crippen LogP) is 2.46. The van der Waals surface area contributed by atoms with Gasteiger partial charge in [0.15, 0.2) is 0 Å². The van der Waals surface area contributed by atoms with E-state index in [2.05, 4.69) is 10.6 Å². The maximum Gasteiger partial charge on any atom is 0.407 e. The van der Waals surface area contributed by atoms with Crippen molar-refractivity contribution in [3.05, 3.63) is 35.9 Å². The van der Waals surface area contributed by atoms with Gasteiger partial charge in [0.2, 0.25) is 0 Å². The number of rotatable bonds is 9. The molecule has 122 valence electrons. The first-order valence-electron chi connectivity index (χ1n) is 7.97. The molecule has 2 rings (SSSR count). The topological polar surface area (TPSA) is 59.6 Å². The van der Waals surface area contributed by atoms with Crippen LogP contribution in [0.5, 0.6) is 0 Å². The molecule has 0 unspecified atom stereocenters. The fourth-order valence-electron chi connectivity index (χ4n) is 2.51. The smallest absolute Gasteiger partial charge is 0.407 e. The van der Waals surface area contributed by atoms with Crippen molar-refractivity contribution < 1.29 is 14.3 Å². The third-order valence-corrected chi connectivity index (χ3v) is 3.88. The molecule has 1 aromatic carbocycles. The molecule has 1 saturated carbocycles. The summed E-state index contributed by atoms with van der Waals surface area (Å²) in [4.78, 5) is 11.7. The monoisotopic (exact) mass is 306 g/mol. The molecule has 0 aromatic heterocycles. The first-order valence-corrected chi connectivity index (χ1v) is 7.97. The summed E-state index contributed by atoms with van der Waals surface area (Å²) in [6, 6.07) is 10.5. The van der Waals surface area contributed by atoms with Crippen LogP contribution in [-0.2, 0) is 16.1 Å². The summed E-state index contributed by atoms with van der Waals surface area (Å²) in [5.74, 6) is 0. The number of ether oxygens (including phenoxy) is 2. The van der Waals surface area contributed by atoms with Crippen LogP contribution in [-0.4, -0.2) is 38.4 Å². The van der Waals surface area contributed by atoms with E-state index < -0.39 is 0 Å². The van der Waals surface area contributed by atoms with Gasteiger partial charge in [0.25, 0.3) is 0 Å². The lowest BCUT2D eigenvalue weighted by molar-refractivity contribution is 0.125. The van der Waals surface area contributed by atoms with E-state index in [0.29, 0.717) is 12.6 Å². The molecule has 1 aliphatic rings. The van der Waals surface area contributed by atoms with Crippen LogP contribution in [0.3, 0.4) is 0 Å². The summed E-state index contributed by atoms with van der Waals surface area (Å²) >= 11 is 0. The number of hydrogen-bond donors (Lipinski definition) is 2. The molecule has 2 N–H and O–H groups in total. The molecular weight excluding hydrogens is 280 g/mol. The van der Waals surface area contributed by atoms with Gasteiger partial charge in [-0.15, -0.1) is 0 Å². The second kappa shape index (κ2) is 9.43. The van der Waals surface area contributed by atoms with Crippen molar-refractivity contribution in [3.8, 4) is 0 Å². The third kappa shape index (κ3) is 6.03. The molecule has 0 spiro atoms. The first kappa shape index (κ1) is 16.8. The van der Waals surface area contributed by atoms with Crippen LogP contribution in [0.2, 0.25) is 0 Å². The number of alkyl carbamates (subject to hydrolysis) is 1. The fraction of sp³-hybridized carbons (Fsp3) is 0.588. The maximum absolute atomic E-state index is 11.7. The van der Waals surface area contributed by atoms with Crippen LogP contribution in [0, 0.1) is 0 Å². The van der Waals surface area contributed by atoms with Crippen molar-refractivity contribution in [1.29, 1.82) is 0 Å². The predicted molar refractivity (Wildman–Crippen MR) is 85.7 cm³/mol. The van der Waals surface area contributed by atoms with Crippen molar-refractivity contribution in [2.75, 3.05) is 20.3 Å². The number of methoxy groups -OCH3 is 1. The van der Waals surface area contributed by atoms with E-state index in [1.54, 1.807) is 7.11 Å². The van der Waals surface area contributed by atoms with Crippen LogP contribution in [0.4, 0.5) is 4.79 Å². The number of carbonyl (C=O) groups excluding carboxylic acids is 1. The number of nitrogens with one attached hydrogen (secondary N) is 2. The Morgan fingerprint density at radius 1 is 1.18 bits per heavy atom. The van der Waals surface area contributed by atoms with Crippen LogP contribution in [0.15, 0.2) is 30.3 Å². The quantitative estimate of drug-likeness (QED) is 0.688. The Hall–Kier alpha value is -1.59. The Labute approximate surface area is 132 Å². The van der Waals surface area contributed by atoms with Crippen molar-refractivity contribution in [2.45, 2.75) is 44.4 Å². The molecule has 0 heterocycles. The Kier molecular flexibility index (Phi) is 7.19. The molecular formula is C17H26N2O3. The van der Waals surface area contributed by atoms with E-state index in [1.807, 2.05) is 30.3 Å². The number of benzene rings is 1. The van der Waals surface area contributed by atoms with Crippen molar-refractivity contribution >= 4 is 6.09 Å². The van der Waals surface area contributed by atoms with Gasteiger partial charge in [0.1, 0.15) is 6.61 Å². The normalized spacial score (nSPS) is 20.2. The lowest BCUT2D eigenvalue weighted by atomic mass is 9.87. The Morgan fingerprint density at radius 2 is 1.95 bits per heavy atom. The third-order valence-electron chi connectivity index (χ3n) is 3.88. The molecule has 0 radical (unpaired) electrons. The van der Waals surface area contributed by atoms with E-state index in [1.165, 1.54) is 0 Å². The Morgan fingerprint density at radius 3 is 2.68 bits per heavy atom. The minimum atomic E-state index is -0.326. The second-order valence-electron chi connectivity index (χ2n) is 5.73. The number of carbonyl (C=O) groups is 1. The number of unbranched alkanes of at least 4 members (excludes halogenated alkanes) is 1. The van der Waals surface area contributed by atoms with Gasteiger partial charge in [-0.25, -0.2) is 4.79 Å². The maximum atomic E-state index is 11.7. The van der Waals surface area contributed by atoms with E-state index in [9.17, 15) is 4.79 Å². The van der Waals surface area contributed by atoms with Crippen molar-refractivity contribution in [3.63, 3.8) is 0 Å². The molecule has 5 heteroatoms. The summed E-state index contributed by atoms with van der Waals surface area (Å²) in [7, 11) is 1.73. The van der Waals surface area contributed by atoms with Gasteiger partial charge in [-0.1, -0.05) is 30.3 Å². The lowest BCUT2D eigenvalue weighted by Crippen LogP contribution is -2.52. The highest BCUT2D eigenvalue weighted by molar-refractivity contribution is 5.67. The van der Waals surface area contributed by atoms with Gasteiger partial charge in [0.05, 0.1) is 0 Å². The zero-order valence-corrected chi connectivity index (χ0v) is 13.2. The van der Waals surface area contributed by atoms with E-state index in [4.69, 9.17) is 9.47 Å². The van der Waals surface area contributed by atoms with Crippen LogP contribution in [0.25, 0.3) is 0 Å². The second-order valence-corrected chi connectivity index (χ2v) is 5.73. The van der Waals surface area contributed by atoms with E-state index >= 15 is 0 Å². The summed E-state index contributed by atoms with van der Waals surface area (Å²) in [5.41, 5.74) is 1.00. The molecule has 1 aromatic rings.